The van der Waals surface area contributed by atoms with Gasteiger partial charge in [-0.1, -0.05) is 11.6 Å². The van der Waals surface area contributed by atoms with Crippen LogP contribution in [0, 0.1) is 3.57 Å². The molecule has 0 aliphatic rings. The number of rotatable bonds is 2. The van der Waals surface area contributed by atoms with Crippen LogP contribution in [0.2, 0.25) is 5.02 Å². The lowest BCUT2D eigenvalue weighted by Gasteiger charge is -2.05. The molecule has 0 spiro atoms. The molecule has 2 rings (SSSR count). The Morgan fingerprint density at radius 1 is 1.13 bits per heavy atom. The third kappa shape index (κ3) is 2.82. The first kappa shape index (κ1) is 10.7. The van der Waals surface area contributed by atoms with Gasteiger partial charge in [-0.3, -0.25) is 0 Å². The number of hydrogen-bond donors (Lipinski definition) is 0. The van der Waals surface area contributed by atoms with Crippen molar-refractivity contribution in [3.05, 3.63) is 51.2 Å². The van der Waals surface area contributed by atoms with Crippen molar-refractivity contribution in [3.8, 4) is 11.6 Å². The SMILES string of the molecule is Clc1cccnc1Oc1ccc(I)cc1. The second-order valence-corrected chi connectivity index (χ2v) is 4.50. The summed E-state index contributed by atoms with van der Waals surface area (Å²) in [5, 5.41) is 0.510. The van der Waals surface area contributed by atoms with Crippen LogP contribution in [0.1, 0.15) is 0 Å². The Morgan fingerprint density at radius 3 is 2.53 bits per heavy atom. The number of aromatic nitrogens is 1. The fraction of sp³-hybridized carbons (Fsp3) is 0. The van der Waals surface area contributed by atoms with Crippen molar-refractivity contribution >= 4 is 34.2 Å². The van der Waals surface area contributed by atoms with Crippen LogP contribution in [0.15, 0.2) is 42.6 Å². The molecule has 0 saturated heterocycles. The highest BCUT2D eigenvalue weighted by atomic mass is 127. The third-order valence-electron chi connectivity index (χ3n) is 1.75. The van der Waals surface area contributed by atoms with Crippen LogP contribution in [-0.4, -0.2) is 4.98 Å². The molecule has 4 heteroatoms. The summed E-state index contributed by atoms with van der Waals surface area (Å²) in [6, 6.07) is 11.2. The fourth-order valence-corrected chi connectivity index (χ4v) is 1.58. The predicted octanol–water partition coefficient (Wildman–Crippen LogP) is 4.13. The Morgan fingerprint density at radius 2 is 1.87 bits per heavy atom. The molecule has 0 aliphatic heterocycles. The summed E-state index contributed by atoms with van der Waals surface area (Å²) in [6.07, 6.45) is 1.65. The van der Waals surface area contributed by atoms with Crippen LogP contribution in [0.25, 0.3) is 0 Å². The Labute approximate surface area is 106 Å². The van der Waals surface area contributed by atoms with E-state index in [1.165, 1.54) is 0 Å². The smallest absolute Gasteiger partial charge is 0.238 e. The summed E-state index contributed by atoms with van der Waals surface area (Å²) < 4.78 is 6.68. The Bertz CT molecular complexity index is 458. The lowest BCUT2D eigenvalue weighted by atomic mass is 10.3. The zero-order valence-electron chi connectivity index (χ0n) is 7.65. The van der Waals surface area contributed by atoms with E-state index in [-0.39, 0.29) is 0 Å². The molecular formula is C11H7ClINO. The summed E-state index contributed by atoms with van der Waals surface area (Å²) in [7, 11) is 0. The van der Waals surface area contributed by atoms with Crippen LogP contribution >= 0.6 is 34.2 Å². The van der Waals surface area contributed by atoms with Gasteiger partial charge in [-0.15, -0.1) is 0 Å². The Hall–Kier alpha value is -0.810. The van der Waals surface area contributed by atoms with Gasteiger partial charge in [-0.25, -0.2) is 4.98 Å². The van der Waals surface area contributed by atoms with Crippen LogP contribution in [0.4, 0.5) is 0 Å². The maximum Gasteiger partial charge on any atom is 0.238 e. The molecule has 0 aliphatic carbocycles. The third-order valence-corrected chi connectivity index (χ3v) is 2.76. The van der Waals surface area contributed by atoms with Gasteiger partial charge in [0, 0.05) is 9.77 Å². The van der Waals surface area contributed by atoms with Crippen LogP contribution in [0.3, 0.4) is 0 Å². The number of nitrogens with zero attached hydrogens (tertiary/aromatic N) is 1. The van der Waals surface area contributed by atoms with Gasteiger partial charge in [0.25, 0.3) is 0 Å². The van der Waals surface area contributed by atoms with Crippen molar-refractivity contribution < 1.29 is 4.74 Å². The number of pyridine rings is 1. The second kappa shape index (κ2) is 4.81. The van der Waals surface area contributed by atoms with Crippen molar-refractivity contribution in [1.82, 2.24) is 4.98 Å². The van der Waals surface area contributed by atoms with Crippen LogP contribution in [-0.2, 0) is 0 Å². The van der Waals surface area contributed by atoms with Crippen molar-refractivity contribution in [2.24, 2.45) is 0 Å². The molecule has 0 fully saturated rings. The average molecular weight is 332 g/mol. The zero-order valence-corrected chi connectivity index (χ0v) is 10.6. The summed E-state index contributed by atoms with van der Waals surface area (Å²) >= 11 is 8.15. The van der Waals surface area contributed by atoms with Gasteiger partial charge < -0.3 is 4.74 Å². The first-order valence-electron chi connectivity index (χ1n) is 4.29. The molecule has 0 radical (unpaired) electrons. The zero-order chi connectivity index (χ0) is 10.7. The lowest BCUT2D eigenvalue weighted by Crippen LogP contribution is -1.87. The van der Waals surface area contributed by atoms with Gasteiger partial charge in [0.2, 0.25) is 5.88 Å². The number of benzene rings is 1. The topological polar surface area (TPSA) is 22.1 Å². The van der Waals surface area contributed by atoms with Gasteiger partial charge in [-0.2, -0.15) is 0 Å². The van der Waals surface area contributed by atoms with Crippen LogP contribution in [0.5, 0.6) is 11.6 Å². The molecule has 1 heterocycles. The maximum absolute atomic E-state index is 5.92. The predicted molar refractivity (Wildman–Crippen MR) is 68.5 cm³/mol. The minimum absolute atomic E-state index is 0.431. The van der Waals surface area contributed by atoms with E-state index in [0.29, 0.717) is 10.9 Å². The molecule has 0 unspecified atom stereocenters. The van der Waals surface area contributed by atoms with Crippen LogP contribution < -0.4 is 4.74 Å². The first-order chi connectivity index (χ1) is 7.25. The van der Waals surface area contributed by atoms with Crippen molar-refractivity contribution in [1.29, 1.82) is 0 Å². The van der Waals surface area contributed by atoms with E-state index >= 15 is 0 Å². The van der Waals surface area contributed by atoms with E-state index in [9.17, 15) is 0 Å². The molecule has 0 amide bonds. The molecule has 2 aromatic rings. The standard InChI is InChI=1S/C11H7ClINO/c12-10-2-1-7-14-11(10)15-9-5-3-8(13)4-6-9/h1-7H. The van der Waals surface area contributed by atoms with Crippen molar-refractivity contribution in [2.75, 3.05) is 0 Å². The molecule has 2 nitrogen and oxygen atoms in total. The molecule has 0 saturated carbocycles. The summed E-state index contributed by atoms with van der Waals surface area (Å²) in [4.78, 5) is 4.04. The van der Waals surface area contributed by atoms with Crippen molar-refractivity contribution in [2.45, 2.75) is 0 Å². The van der Waals surface area contributed by atoms with E-state index in [2.05, 4.69) is 27.6 Å². The number of hydrogen-bond acceptors (Lipinski definition) is 2. The Kier molecular flexibility index (Phi) is 3.43. The van der Waals surface area contributed by atoms with E-state index in [0.717, 1.165) is 9.32 Å². The summed E-state index contributed by atoms with van der Waals surface area (Å²) in [5.41, 5.74) is 0. The average Bonchev–Trinajstić information content (AvgIpc) is 2.25. The highest BCUT2D eigenvalue weighted by molar-refractivity contribution is 14.1. The number of ether oxygens (including phenoxy) is 1. The lowest BCUT2D eigenvalue weighted by molar-refractivity contribution is 0.463. The molecule has 1 aromatic carbocycles. The molecule has 0 bridgehead atoms. The first-order valence-corrected chi connectivity index (χ1v) is 5.75. The quantitative estimate of drug-likeness (QED) is 0.772. The molecule has 76 valence electrons. The normalized spacial score (nSPS) is 10.0. The van der Waals surface area contributed by atoms with Gasteiger partial charge in [-0.05, 0) is 59.0 Å². The molecular weight excluding hydrogens is 324 g/mol. The van der Waals surface area contributed by atoms with E-state index in [4.69, 9.17) is 16.3 Å². The number of halogens is 2. The van der Waals surface area contributed by atoms with Gasteiger partial charge in [0.15, 0.2) is 0 Å². The second-order valence-electron chi connectivity index (χ2n) is 2.85. The minimum Gasteiger partial charge on any atom is -0.438 e. The van der Waals surface area contributed by atoms with Gasteiger partial charge >= 0.3 is 0 Å². The van der Waals surface area contributed by atoms with E-state index < -0.39 is 0 Å². The van der Waals surface area contributed by atoms with Gasteiger partial charge in [0.1, 0.15) is 10.8 Å². The highest BCUT2D eigenvalue weighted by Crippen LogP contribution is 2.26. The Balaban J connectivity index is 2.22. The highest BCUT2D eigenvalue weighted by Gasteiger charge is 2.02. The minimum atomic E-state index is 0.431. The summed E-state index contributed by atoms with van der Waals surface area (Å²) in [6.45, 7) is 0. The molecule has 15 heavy (non-hydrogen) atoms. The van der Waals surface area contributed by atoms with E-state index in [1.54, 1.807) is 18.3 Å². The van der Waals surface area contributed by atoms with Gasteiger partial charge in [0.05, 0.1) is 0 Å². The van der Waals surface area contributed by atoms with Crippen molar-refractivity contribution in [3.63, 3.8) is 0 Å². The molecule has 1 aromatic heterocycles. The summed E-state index contributed by atoms with van der Waals surface area (Å²) in [5.74, 6) is 1.16. The maximum atomic E-state index is 5.92. The molecule has 0 atom stereocenters. The largest absolute Gasteiger partial charge is 0.438 e. The van der Waals surface area contributed by atoms with E-state index in [1.807, 2.05) is 24.3 Å². The fourth-order valence-electron chi connectivity index (χ4n) is 1.06. The monoisotopic (exact) mass is 331 g/mol. The molecule has 0 N–H and O–H groups in total.